The Balaban J connectivity index is 2.02. The molecule has 4 N–H and O–H groups in total. The predicted molar refractivity (Wildman–Crippen MR) is 60.1 cm³/mol. The van der Waals surface area contributed by atoms with Crippen LogP contribution in [0.3, 0.4) is 0 Å². The Labute approximate surface area is 94.7 Å². The summed E-state index contributed by atoms with van der Waals surface area (Å²) in [5.74, 6) is 0.484. The van der Waals surface area contributed by atoms with E-state index in [2.05, 4.69) is 28.8 Å². The number of nitrogen functional groups attached to an aromatic ring is 1. The molecule has 1 aliphatic carbocycles. The zero-order valence-corrected chi connectivity index (χ0v) is 10.1. The van der Waals surface area contributed by atoms with E-state index in [0.717, 1.165) is 6.42 Å². The van der Waals surface area contributed by atoms with Crippen LogP contribution in [0.5, 0.6) is 0 Å². The molecule has 0 amide bonds. The normalized spacial score (nSPS) is 23.2. The molecule has 1 saturated carbocycles. The van der Waals surface area contributed by atoms with Gasteiger partial charge in [-0.3, -0.25) is 5.10 Å². The van der Waals surface area contributed by atoms with Crippen molar-refractivity contribution in [2.45, 2.75) is 25.2 Å². The minimum absolute atomic E-state index is 0.0194. The summed E-state index contributed by atoms with van der Waals surface area (Å²) in [5.41, 5.74) is 5.72. The summed E-state index contributed by atoms with van der Waals surface area (Å²) < 4.78 is 26.2. The summed E-state index contributed by atoms with van der Waals surface area (Å²) >= 11 is 0. The molecule has 1 atom stereocenters. The van der Waals surface area contributed by atoms with Crippen molar-refractivity contribution in [2.75, 3.05) is 12.3 Å². The summed E-state index contributed by atoms with van der Waals surface area (Å²) in [7, 11) is -3.52. The molecular formula is C9H16N4O2S. The smallest absolute Gasteiger partial charge is 0.245 e. The number of rotatable bonds is 4. The van der Waals surface area contributed by atoms with Crippen LogP contribution in [0.25, 0.3) is 0 Å². The maximum atomic E-state index is 11.8. The van der Waals surface area contributed by atoms with Crippen molar-refractivity contribution in [3.63, 3.8) is 0 Å². The van der Waals surface area contributed by atoms with Crippen molar-refractivity contribution in [2.24, 2.45) is 11.3 Å². The average molecular weight is 244 g/mol. The van der Waals surface area contributed by atoms with Crippen LogP contribution < -0.4 is 10.5 Å². The molecule has 1 unspecified atom stereocenters. The first-order valence-corrected chi connectivity index (χ1v) is 6.60. The van der Waals surface area contributed by atoms with Gasteiger partial charge in [0.1, 0.15) is 10.7 Å². The molecule has 0 saturated heterocycles. The number of H-pyrrole nitrogens is 1. The highest BCUT2D eigenvalue weighted by Crippen LogP contribution is 2.51. The van der Waals surface area contributed by atoms with Crippen molar-refractivity contribution in [1.29, 1.82) is 0 Å². The highest BCUT2D eigenvalue weighted by Gasteiger charge is 2.45. The van der Waals surface area contributed by atoms with E-state index in [4.69, 9.17) is 5.73 Å². The van der Waals surface area contributed by atoms with Gasteiger partial charge in [-0.15, -0.1) is 0 Å². The molecule has 0 radical (unpaired) electrons. The van der Waals surface area contributed by atoms with Gasteiger partial charge in [0.25, 0.3) is 0 Å². The van der Waals surface area contributed by atoms with Crippen LogP contribution >= 0.6 is 0 Å². The van der Waals surface area contributed by atoms with Gasteiger partial charge in [-0.25, -0.2) is 13.1 Å². The Morgan fingerprint density at radius 1 is 1.69 bits per heavy atom. The molecule has 1 heterocycles. The number of aromatic nitrogens is 2. The molecule has 16 heavy (non-hydrogen) atoms. The van der Waals surface area contributed by atoms with Crippen LogP contribution in [0.15, 0.2) is 11.1 Å². The molecule has 0 bridgehead atoms. The first-order chi connectivity index (χ1) is 7.33. The van der Waals surface area contributed by atoms with Crippen molar-refractivity contribution in [3.05, 3.63) is 6.20 Å². The van der Waals surface area contributed by atoms with Crippen LogP contribution in [0, 0.1) is 11.3 Å². The SMILES string of the molecule is CC1(C)CC1CNS(=O)(=O)c1cn[nH]c1N. The zero-order chi connectivity index (χ0) is 12.0. The molecule has 1 aromatic rings. The molecule has 7 heteroatoms. The van der Waals surface area contributed by atoms with Gasteiger partial charge in [-0.05, 0) is 17.8 Å². The number of aromatic amines is 1. The third kappa shape index (κ3) is 2.05. The third-order valence-electron chi connectivity index (χ3n) is 3.16. The summed E-state index contributed by atoms with van der Waals surface area (Å²) in [5, 5.41) is 5.99. The topological polar surface area (TPSA) is 101 Å². The van der Waals surface area contributed by atoms with Crippen molar-refractivity contribution < 1.29 is 8.42 Å². The van der Waals surface area contributed by atoms with Crippen molar-refractivity contribution >= 4 is 15.8 Å². The minimum atomic E-state index is -3.52. The van der Waals surface area contributed by atoms with Gasteiger partial charge in [0.15, 0.2) is 0 Å². The molecule has 0 spiro atoms. The summed E-state index contributed by atoms with van der Waals surface area (Å²) in [4.78, 5) is 0.0194. The maximum absolute atomic E-state index is 11.8. The molecular weight excluding hydrogens is 228 g/mol. The minimum Gasteiger partial charge on any atom is -0.383 e. The van der Waals surface area contributed by atoms with E-state index < -0.39 is 10.0 Å². The fraction of sp³-hybridized carbons (Fsp3) is 0.667. The van der Waals surface area contributed by atoms with Crippen molar-refractivity contribution in [3.8, 4) is 0 Å². The number of nitrogens with zero attached hydrogens (tertiary/aromatic N) is 1. The van der Waals surface area contributed by atoms with E-state index >= 15 is 0 Å². The standard InChI is InChI=1S/C9H16N4O2S/c1-9(2)3-6(9)4-12-16(14,15)7-5-11-13-8(7)10/h5-6,12H,3-4H2,1-2H3,(H3,10,11,13). The molecule has 0 aliphatic heterocycles. The molecule has 1 aromatic heterocycles. The van der Waals surface area contributed by atoms with Gasteiger partial charge in [0, 0.05) is 6.54 Å². The third-order valence-corrected chi connectivity index (χ3v) is 4.61. The molecule has 90 valence electrons. The Kier molecular flexibility index (Phi) is 2.47. The lowest BCUT2D eigenvalue weighted by molar-refractivity contribution is 0.538. The second-order valence-corrected chi connectivity index (χ2v) is 6.62. The number of hydrogen-bond donors (Lipinski definition) is 3. The quantitative estimate of drug-likeness (QED) is 0.709. The van der Waals surface area contributed by atoms with Crippen LogP contribution in [0.1, 0.15) is 20.3 Å². The van der Waals surface area contributed by atoms with Crippen LogP contribution in [-0.2, 0) is 10.0 Å². The molecule has 2 rings (SSSR count). The fourth-order valence-electron chi connectivity index (χ4n) is 1.71. The Bertz CT molecular complexity index is 491. The van der Waals surface area contributed by atoms with E-state index in [1.165, 1.54) is 6.20 Å². The molecule has 1 fully saturated rings. The van der Waals surface area contributed by atoms with Gasteiger partial charge in [-0.1, -0.05) is 13.8 Å². The summed E-state index contributed by atoms with van der Waals surface area (Å²) in [6.07, 6.45) is 2.27. The van der Waals surface area contributed by atoms with E-state index in [9.17, 15) is 8.42 Å². The lowest BCUT2D eigenvalue weighted by Gasteiger charge is -2.06. The Hall–Kier alpha value is -1.08. The first-order valence-electron chi connectivity index (χ1n) is 5.11. The van der Waals surface area contributed by atoms with Gasteiger partial charge in [0.05, 0.1) is 6.20 Å². The fourth-order valence-corrected chi connectivity index (χ4v) is 2.81. The number of sulfonamides is 1. The van der Waals surface area contributed by atoms with Crippen molar-refractivity contribution in [1.82, 2.24) is 14.9 Å². The van der Waals surface area contributed by atoms with Gasteiger partial charge in [0.2, 0.25) is 10.0 Å². The number of hydrogen-bond acceptors (Lipinski definition) is 4. The lowest BCUT2D eigenvalue weighted by atomic mass is 10.1. The Morgan fingerprint density at radius 3 is 2.75 bits per heavy atom. The van der Waals surface area contributed by atoms with Crippen LogP contribution in [0.2, 0.25) is 0 Å². The highest BCUT2D eigenvalue weighted by atomic mass is 32.2. The molecule has 1 aliphatic rings. The average Bonchev–Trinajstić information content (AvgIpc) is 2.58. The lowest BCUT2D eigenvalue weighted by Crippen LogP contribution is -2.27. The maximum Gasteiger partial charge on any atom is 0.245 e. The summed E-state index contributed by atoms with van der Waals surface area (Å²) in [6.45, 7) is 4.70. The first kappa shape index (κ1) is 11.4. The molecule has 6 nitrogen and oxygen atoms in total. The largest absolute Gasteiger partial charge is 0.383 e. The van der Waals surface area contributed by atoms with Gasteiger partial charge < -0.3 is 5.73 Å². The summed E-state index contributed by atoms with van der Waals surface area (Å²) in [6, 6.07) is 0. The van der Waals surface area contributed by atoms with Gasteiger partial charge in [-0.2, -0.15) is 5.10 Å². The second-order valence-electron chi connectivity index (χ2n) is 4.89. The van der Waals surface area contributed by atoms with Crippen LogP contribution in [0.4, 0.5) is 5.82 Å². The van der Waals surface area contributed by atoms with E-state index in [1.807, 2.05) is 0 Å². The monoisotopic (exact) mass is 244 g/mol. The van der Waals surface area contributed by atoms with Crippen LogP contribution in [-0.4, -0.2) is 25.2 Å². The number of nitrogens with one attached hydrogen (secondary N) is 2. The highest BCUT2D eigenvalue weighted by molar-refractivity contribution is 7.89. The second kappa shape index (κ2) is 3.46. The van der Waals surface area contributed by atoms with E-state index in [0.29, 0.717) is 12.5 Å². The Morgan fingerprint density at radius 2 is 2.31 bits per heavy atom. The van der Waals surface area contributed by atoms with Gasteiger partial charge >= 0.3 is 0 Å². The number of nitrogens with two attached hydrogens (primary N) is 1. The predicted octanol–water partition coefficient (Wildman–Crippen LogP) is 0.316. The molecule has 0 aromatic carbocycles. The number of anilines is 1. The van der Waals surface area contributed by atoms with E-state index in [-0.39, 0.29) is 16.1 Å². The zero-order valence-electron chi connectivity index (χ0n) is 9.32. The van der Waals surface area contributed by atoms with E-state index in [1.54, 1.807) is 0 Å².